The van der Waals surface area contributed by atoms with E-state index < -0.39 is 0 Å². The zero-order valence-corrected chi connectivity index (χ0v) is 14.0. The summed E-state index contributed by atoms with van der Waals surface area (Å²) in [6.07, 6.45) is 5.10. The van der Waals surface area contributed by atoms with Crippen molar-refractivity contribution in [1.29, 1.82) is 0 Å². The van der Waals surface area contributed by atoms with Crippen molar-refractivity contribution in [2.45, 2.75) is 19.4 Å². The van der Waals surface area contributed by atoms with E-state index in [1.165, 1.54) is 0 Å². The molecule has 0 spiro atoms. The number of amides is 1. The molecule has 2 bridgehead atoms. The number of halogens is 1. The number of imidazole rings is 1. The number of pyridine rings is 1. The Bertz CT molecular complexity index is 731. The van der Waals surface area contributed by atoms with Crippen molar-refractivity contribution in [3.8, 4) is 0 Å². The highest BCUT2D eigenvalue weighted by Crippen LogP contribution is 2.47. The molecule has 5 nitrogen and oxygen atoms in total. The van der Waals surface area contributed by atoms with Crippen molar-refractivity contribution in [1.82, 2.24) is 14.3 Å². The molecule has 2 saturated heterocycles. The van der Waals surface area contributed by atoms with Crippen LogP contribution in [0.25, 0.3) is 5.52 Å². The lowest BCUT2D eigenvalue weighted by Crippen LogP contribution is -2.59. The standard InChI is InChI=1S/C16H19BrN4O/c1-9(16-19-6-13-12(17)3-2-4-21(13)16)20-7-10-5-11(8-20)14(10)15(18)22/h2-4,6,9-11,14H,5,7-8H2,1H3,(H2,18,22)/t9-,10?,11?,14?/m0/s1. The predicted molar refractivity (Wildman–Crippen MR) is 87.2 cm³/mol. The first-order valence-corrected chi connectivity index (χ1v) is 8.50. The average Bonchev–Trinajstić information content (AvgIpc) is 2.91. The van der Waals surface area contributed by atoms with Crippen LogP contribution in [0.3, 0.4) is 0 Å². The first kappa shape index (κ1) is 14.2. The van der Waals surface area contributed by atoms with Crippen molar-refractivity contribution < 1.29 is 4.79 Å². The third kappa shape index (κ3) is 2.01. The highest BCUT2D eigenvalue weighted by Gasteiger charge is 2.50. The van der Waals surface area contributed by atoms with Gasteiger partial charge in [0.15, 0.2) is 0 Å². The predicted octanol–water partition coefficient (Wildman–Crippen LogP) is 2.21. The molecule has 0 aromatic carbocycles. The van der Waals surface area contributed by atoms with Gasteiger partial charge in [0.25, 0.3) is 0 Å². The van der Waals surface area contributed by atoms with E-state index in [1.54, 1.807) is 0 Å². The normalized spacial score (nSPS) is 29.3. The number of hydrogen-bond donors (Lipinski definition) is 1. The Morgan fingerprint density at radius 3 is 2.86 bits per heavy atom. The fourth-order valence-electron chi connectivity index (χ4n) is 4.19. The van der Waals surface area contributed by atoms with E-state index in [2.05, 4.69) is 43.3 Å². The Balaban J connectivity index is 1.59. The van der Waals surface area contributed by atoms with Crippen LogP contribution >= 0.6 is 15.9 Å². The molecule has 2 N–H and O–H groups in total. The van der Waals surface area contributed by atoms with Crippen LogP contribution in [0.2, 0.25) is 0 Å². The Hall–Kier alpha value is -1.40. The van der Waals surface area contributed by atoms with Gasteiger partial charge in [-0.05, 0) is 53.2 Å². The van der Waals surface area contributed by atoms with E-state index in [1.807, 2.05) is 18.3 Å². The number of fused-ring (bicyclic) bond motifs is 3. The summed E-state index contributed by atoms with van der Waals surface area (Å²) in [6, 6.07) is 4.28. The molecule has 2 aromatic heterocycles. The summed E-state index contributed by atoms with van der Waals surface area (Å²) in [4.78, 5) is 18.6. The molecule has 1 saturated carbocycles. The molecule has 3 atom stereocenters. The molecule has 2 unspecified atom stereocenters. The molecule has 4 heterocycles. The maximum atomic E-state index is 11.5. The Morgan fingerprint density at radius 1 is 1.45 bits per heavy atom. The third-order valence-electron chi connectivity index (χ3n) is 5.36. The maximum Gasteiger partial charge on any atom is 0.221 e. The summed E-state index contributed by atoms with van der Waals surface area (Å²) < 4.78 is 3.19. The highest BCUT2D eigenvalue weighted by molar-refractivity contribution is 9.10. The van der Waals surface area contributed by atoms with Gasteiger partial charge >= 0.3 is 0 Å². The summed E-state index contributed by atoms with van der Waals surface area (Å²) in [7, 11) is 0. The summed E-state index contributed by atoms with van der Waals surface area (Å²) in [5.74, 6) is 1.87. The van der Waals surface area contributed by atoms with E-state index in [-0.39, 0.29) is 17.9 Å². The molecule has 3 aliphatic rings. The van der Waals surface area contributed by atoms with Crippen molar-refractivity contribution in [3.63, 3.8) is 0 Å². The van der Waals surface area contributed by atoms with E-state index in [0.29, 0.717) is 11.8 Å². The molecule has 1 aliphatic carbocycles. The first-order chi connectivity index (χ1) is 10.6. The zero-order valence-electron chi connectivity index (χ0n) is 12.4. The van der Waals surface area contributed by atoms with Crippen LogP contribution in [-0.2, 0) is 4.79 Å². The van der Waals surface area contributed by atoms with Crippen LogP contribution < -0.4 is 5.73 Å². The number of piperidine rings is 2. The van der Waals surface area contributed by atoms with E-state index in [4.69, 9.17) is 5.73 Å². The van der Waals surface area contributed by atoms with Crippen LogP contribution in [0.15, 0.2) is 29.0 Å². The number of carbonyl (C=O) groups excluding carboxylic acids is 1. The van der Waals surface area contributed by atoms with Gasteiger partial charge in [0, 0.05) is 29.7 Å². The van der Waals surface area contributed by atoms with E-state index >= 15 is 0 Å². The Labute approximate surface area is 137 Å². The average molecular weight is 363 g/mol. The first-order valence-electron chi connectivity index (χ1n) is 7.71. The lowest BCUT2D eigenvalue weighted by molar-refractivity contribution is -0.139. The van der Waals surface area contributed by atoms with Crippen LogP contribution in [-0.4, -0.2) is 33.3 Å². The van der Waals surface area contributed by atoms with E-state index in [9.17, 15) is 4.79 Å². The lowest BCUT2D eigenvalue weighted by Gasteiger charge is -2.53. The lowest BCUT2D eigenvalue weighted by atomic mass is 9.61. The summed E-state index contributed by atoms with van der Waals surface area (Å²) in [6.45, 7) is 4.07. The minimum absolute atomic E-state index is 0.0922. The third-order valence-corrected chi connectivity index (χ3v) is 6.03. The summed E-state index contributed by atoms with van der Waals surface area (Å²) >= 11 is 3.57. The van der Waals surface area contributed by atoms with Crippen molar-refractivity contribution in [2.75, 3.05) is 13.1 Å². The SMILES string of the molecule is C[C@@H](c1ncc2c(Br)cccn12)N1CC2CC(C1)C2C(N)=O. The topological polar surface area (TPSA) is 63.6 Å². The number of hydrogen-bond acceptors (Lipinski definition) is 3. The summed E-state index contributed by atoms with van der Waals surface area (Å²) in [5.41, 5.74) is 6.60. The molecule has 6 heteroatoms. The van der Waals surface area contributed by atoms with Crippen molar-refractivity contribution in [2.24, 2.45) is 23.5 Å². The Morgan fingerprint density at radius 2 is 2.18 bits per heavy atom. The minimum atomic E-state index is -0.122. The van der Waals surface area contributed by atoms with Gasteiger partial charge in [0.2, 0.25) is 5.91 Å². The number of carbonyl (C=O) groups is 1. The van der Waals surface area contributed by atoms with Crippen LogP contribution in [0.1, 0.15) is 25.2 Å². The van der Waals surface area contributed by atoms with Crippen molar-refractivity contribution in [3.05, 3.63) is 34.8 Å². The second-order valence-electron chi connectivity index (χ2n) is 6.54. The fourth-order valence-corrected chi connectivity index (χ4v) is 4.63. The largest absolute Gasteiger partial charge is 0.369 e. The van der Waals surface area contributed by atoms with Gasteiger partial charge in [-0.25, -0.2) is 4.98 Å². The number of aromatic nitrogens is 2. The van der Waals surface area contributed by atoms with Gasteiger partial charge in [-0.3, -0.25) is 9.69 Å². The number of nitrogens with zero attached hydrogens (tertiary/aromatic N) is 3. The van der Waals surface area contributed by atoms with Gasteiger partial charge in [0.1, 0.15) is 5.82 Å². The van der Waals surface area contributed by atoms with Crippen LogP contribution in [0.5, 0.6) is 0 Å². The zero-order chi connectivity index (χ0) is 15.4. The molecular formula is C16H19BrN4O. The van der Waals surface area contributed by atoms with Crippen LogP contribution in [0.4, 0.5) is 0 Å². The van der Waals surface area contributed by atoms with E-state index in [0.717, 1.165) is 35.3 Å². The smallest absolute Gasteiger partial charge is 0.221 e. The molecule has 116 valence electrons. The molecule has 3 fully saturated rings. The van der Waals surface area contributed by atoms with Gasteiger partial charge in [-0.2, -0.15) is 0 Å². The Kier molecular flexibility index (Phi) is 3.27. The molecule has 2 aromatic rings. The molecule has 0 radical (unpaired) electrons. The minimum Gasteiger partial charge on any atom is -0.369 e. The molecule has 1 amide bonds. The molecule has 2 aliphatic heterocycles. The highest BCUT2D eigenvalue weighted by atomic mass is 79.9. The number of nitrogens with two attached hydrogens (primary N) is 1. The molecule has 22 heavy (non-hydrogen) atoms. The van der Waals surface area contributed by atoms with Crippen LogP contribution in [0, 0.1) is 17.8 Å². The van der Waals surface area contributed by atoms with Gasteiger partial charge < -0.3 is 10.1 Å². The second-order valence-corrected chi connectivity index (χ2v) is 7.40. The summed E-state index contributed by atoms with van der Waals surface area (Å²) in [5, 5.41) is 0. The van der Waals surface area contributed by atoms with Gasteiger partial charge in [-0.15, -0.1) is 0 Å². The number of rotatable bonds is 3. The number of primary amides is 1. The van der Waals surface area contributed by atoms with Crippen molar-refractivity contribution >= 4 is 27.4 Å². The van der Waals surface area contributed by atoms with Gasteiger partial charge in [-0.1, -0.05) is 0 Å². The molecular weight excluding hydrogens is 344 g/mol. The monoisotopic (exact) mass is 362 g/mol. The quantitative estimate of drug-likeness (QED) is 0.910. The second kappa shape index (κ2) is 5.06. The molecule has 5 rings (SSSR count). The van der Waals surface area contributed by atoms with Gasteiger partial charge in [0.05, 0.1) is 17.8 Å². The fraction of sp³-hybridized carbons (Fsp3) is 0.500. The maximum absolute atomic E-state index is 11.5.